The first-order valence-corrected chi connectivity index (χ1v) is 8.03. The third kappa shape index (κ3) is 3.20. The van der Waals surface area contributed by atoms with Crippen LogP contribution in [0.3, 0.4) is 0 Å². The lowest BCUT2D eigenvalue weighted by molar-refractivity contribution is 0.171. The lowest BCUT2D eigenvalue weighted by Gasteiger charge is -2.30. The van der Waals surface area contributed by atoms with Gasteiger partial charge in [-0.3, -0.25) is 0 Å². The number of likely N-dealkylation sites (tertiary alicyclic amines) is 1. The standard InChI is InChI=1S/C15H21BrN2O2/c1-18-4-2-3-11(10-18)9-17-13-8-15-14(7-12(13)16)19-5-6-20-15/h7-8,11,17H,2-6,9-10H2,1H3. The molecule has 0 aromatic heterocycles. The average Bonchev–Trinajstić information content (AvgIpc) is 2.45. The number of fused-ring (bicyclic) bond motifs is 1. The van der Waals surface area contributed by atoms with Gasteiger partial charge >= 0.3 is 0 Å². The van der Waals surface area contributed by atoms with Crippen LogP contribution in [0.4, 0.5) is 5.69 Å². The quantitative estimate of drug-likeness (QED) is 0.917. The first-order chi connectivity index (χ1) is 9.72. The van der Waals surface area contributed by atoms with Gasteiger partial charge < -0.3 is 19.7 Å². The number of ether oxygens (including phenoxy) is 2. The minimum Gasteiger partial charge on any atom is -0.486 e. The molecule has 0 spiro atoms. The van der Waals surface area contributed by atoms with E-state index in [9.17, 15) is 0 Å². The van der Waals surface area contributed by atoms with Gasteiger partial charge in [-0.2, -0.15) is 0 Å². The second-order valence-corrected chi connectivity index (χ2v) is 6.48. The molecular weight excluding hydrogens is 320 g/mol. The number of halogens is 1. The van der Waals surface area contributed by atoms with E-state index in [2.05, 4.69) is 33.2 Å². The van der Waals surface area contributed by atoms with E-state index in [4.69, 9.17) is 9.47 Å². The van der Waals surface area contributed by atoms with E-state index in [0.29, 0.717) is 19.1 Å². The van der Waals surface area contributed by atoms with Gasteiger partial charge in [0.15, 0.2) is 11.5 Å². The summed E-state index contributed by atoms with van der Waals surface area (Å²) in [6, 6.07) is 4.02. The van der Waals surface area contributed by atoms with Crippen LogP contribution in [0.25, 0.3) is 0 Å². The lowest BCUT2D eigenvalue weighted by Crippen LogP contribution is -2.35. The molecule has 4 nitrogen and oxygen atoms in total. The largest absolute Gasteiger partial charge is 0.486 e. The van der Waals surface area contributed by atoms with Gasteiger partial charge in [-0.1, -0.05) is 0 Å². The van der Waals surface area contributed by atoms with Crippen LogP contribution < -0.4 is 14.8 Å². The van der Waals surface area contributed by atoms with Crippen LogP contribution in [0, 0.1) is 5.92 Å². The predicted molar refractivity (Wildman–Crippen MR) is 83.8 cm³/mol. The number of benzene rings is 1. The highest BCUT2D eigenvalue weighted by atomic mass is 79.9. The van der Waals surface area contributed by atoms with E-state index in [1.165, 1.54) is 25.9 Å². The third-order valence-electron chi connectivity index (χ3n) is 3.94. The number of rotatable bonds is 3. The van der Waals surface area contributed by atoms with Gasteiger partial charge in [0, 0.05) is 29.7 Å². The van der Waals surface area contributed by atoms with Crippen molar-refractivity contribution >= 4 is 21.6 Å². The summed E-state index contributed by atoms with van der Waals surface area (Å²) in [6.07, 6.45) is 2.60. The van der Waals surface area contributed by atoms with Gasteiger partial charge in [-0.05, 0) is 48.3 Å². The van der Waals surface area contributed by atoms with Crippen LogP contribution in [0.15, 0.2) is 16.6 Å². The van der Waals surface area contributed by atoms with E-state index < -0.39 is 0 Å². The maximum absolute atomic E-state index is 5.63. The zero-order valence-corrected chi connectivity index (χ0v) is 13.4. The highest BCUT2D eigenvalue weighted by Crippen LogP contribution is 2.38. The summed E-state index contributed by atoms with van der Waals surface area (Å²) in [7, 11) is 2.20. The minimum absolute atomic E-state index is 0.626. The van der Waals surface area contributed by atoms with Crippen molar-refractivity contribution in [1.82, 2.24) is 4.90 Å². The Hall–Kier alpha value is -0.940. The molecular formula is C15H21BrN2O2. The molecule has 3 rings (SSSR count). The minimum atomic E-state index is 0.626. The normalized spacial score (nSPS) is 22.6. The SMILES string of the molecule is CN1CCCC(CNc2cc3c(cc2Br)OCCO3)C1. The maximum Gasteiger partial charge on any atom is 0.163 e. The Kier molecular flexibility index (Phi) is 4.36. The second-order valence-electron chi connectivity index (χ2n) is 5.63. The van der Waals surface area contributed by atoms with E-state index in [1.807, 2.05) is 12.1 Å². The molecule has 1 saturated heterocycles. The van der Waals surface area contributed by atoms with Crippen molar-refractivity contribution < 1.29 is 9.47 Å². The molecule has 0 amide bonds. The Labute approximate surface area is 128 Å². The zero-order valence-electron chi connectivity index (χ0n) is 11.8. The Morgan fingerprint density at radius 1 is 1.30 bits per heavy atom. The highest BCUT2D eigenvalue weighted by molar-refractivity contribution is 9.10. The second kappa shape index (κ2) is 6.22. The van der Waals surface area contributed by atoms with E-state index in [1.54, 1.807) is 0 Å². The van der Waals surface area contributed by atoms with Crippen molar-refractivity contribution in [2.75, 3.05) is 45.2 Å². The predicted octanol–water partition coefficient (Wildman–Crippen LogP) is 2.97. The summed E-state index contributed by atoms with van der Waals surface area (Å²) in [5, 5.41) is 3.54. The molecule has 0 aliphatic carbocycles. The molecule has 1 fully saturated rings. The Morgan fingerprint density at radius 2 is 2.05 bits per heavy atom. The molecule has 1 unspecified atom stereocenters. The molecule has 1 aromatic rings. The molecule has 5 heteroatoms. The van der Waals surface area contributed by atoms with Crippen molar-refractivity contribution in [2.24, 2.45) is 5.92 Å². The van der Waals surface area contributed by atoms with Crippen molar-refractivity contribution in [1.29, 1.82) is 0 Å². The fraction of sp³-hybridized carbons (Fsp3) is 0.600. The van der Waals surface area contributed by atoms with Crippen LogP contribution >= 0.6 is 15.9 Å². The summed E-state index contributed by atoms with van der Waals surface area (Å²) in [5.74, 6) is 2.38. The third-order valence-corrected chi connectivity index (χ3v) is 4.59. The monoisotopic (exact) mass is 340 g/mol. The number of nitrogens with zero attached hydrogens (tertiary/aromatic N) is 1. The van der Waals surface area contributed by atoms with Gasteiger partial charge in [0.25, 0.3) is 0 Å². The van der Waals surface area contributed by atoms with Crippen molar-refractivity contribution in [3.63, 3.8) is 0 Å². The Bertz CT molecular complexity index is 481. The summed E-state index contributed by atoms with van der Waals surface area (Å²) in [5.41, 5.74) is 1.09. The molecule has 0 bridgehead atoms. The van der Waals surface area contributed by atoms with Gasteiger partial charge in [0.2, 0.25) is 0 Å². The first-order valence-electron chi connectivity index (χ1n) is 7.24. The molecule has 1 atom stereocenters. The number of hydrogen-bond acceptors (Lipinski definition) is 4. The number of piperidine rings is 1. The van der Waals surface area contributed by atoms with E-state index >= 15 is 0 Å². The molecule has 110 valence electrons. The smallest absolute Gasteiger partial charge is 0.163 e. The van der Waals surface area contributed by atoms with Gasteiger partial charge in [0.05, 0.1) is 5.69 Å². The average molecular weight is 341 g/mol. The van der Waals surface area contributed by atoms with Gasteiger partial charge in [-0.15, -0.1) is 0 Å². The van der Waals surface area contributed by atoms with Crippen LogP contribution in [0.5, 0.6) is 11.5 Å². The van der Waals surface area contributed by atoms with Crippen molar-refractivity contribution in [3.8, 4) is 11.5 Å². The van der Waals surface area contributed by atoms with E-state index in [0.717, 1.165) is 28.2 Å². The van der Waals surface area contributed by atoms with Gasteiger partial charge in [-0.25, -0.2) is 0 Å². The van der Waals surface area contributed by atoms with Crippen LogP contribution in [0.1, 0.15) is 12.8 Å². The maximum atomic E-state index is 5.63. The topological polar surface area (TPSA) is 33.7 Å². The Morgan fingerprint density at radius 3 is 2.80 bits per heavy atom. The summed E-state index contributed by atoms with van der Waals surface area (Å²) in [4.78, 5) is 2.41. The highest BCUT2D eigenvalue weighted by Gasteiger charge is 2.18. The fourth-order valence-electron chi connectivity index (χ4n) is 2.89. The molecule has 2 heterocycles. The molecule has 2 aliphatic rings. The summed E-state index contributed by atoms with van der Waals surface area (Å²) < 4.78 is 12.2. The molecule has 2 aliphatic heterocycles. The molecule has 0 radical (unpaired) electrons. The summed E-state index contributed by atoms with van der Waals surface area (Å²) in [6.45, 7) is 4.66. The Balaban J connectivity index is 1.65. The van der Waals surface area contributed by atoms with E-state index in [-0.39, 0.29) is 0 Å². The zero-order chi connectivity index (χ0) is 13.9. The molecule has 20 heavy (non-hydrogen) atoms. The van der Waals surface area contributed by atoms with Crippen LogP contribution in [-0.4, -0.2) is 44.8 Å². The molecule has 0 saturated carbocycles. The molecule has 1 N–H and O–H groups in total. The van der Waals surface area contributed by atoms with Gasteiger partial charge in [0.1, 0.15) is 13.2 Å². The van der Waals surface area contributed by atoms with Crippen molar-refractivity contribution in [2.45, 2.75) is 12.8 Å². The fourth-order valence-corrected chi connectivity index (χ4v) is 3.36. The number of hydrogen-bond donors (Lipinski definition) is 1. The molecule has 1 aromatic carbocycles. The van der Waals surface area contributed by atoms with Crippen LogP contribution in [-0.2, 0) is 0 Å². The summed E-state index contributed by atoms with van der Waals surface area (Å²) >= 11 is 3.60. The van der Waals surface area contributed by atoms with Crippen LogP contribution in [0.2, 0.25) is 0 Å². The number of nitrogens with one attached hydrogen (secondary N) is 1. The number of anilines is 1. The van der Waals surface area contributed by atoms with Crippen molar-refractivity contribution in [3.05, 3.63) is 16.6 Å². The first kappa shape index (κ1) is 14.0. The lowest BCUT2D eigenvalue weighted by atomic mass is 9.98.